The van der Waals surface area contributed by atoms with Crippen LogP contribution in [0.3, 0.4) is 0 Å². The first-order valence-corrected chi connectivity index (χ1v) is 7.15. The number of aliphatic hydroxyl groups is 1. The van der Waals surface area contributed by atoms with Gasteiger partial charge in [0.25, 0.3) is 0 Å². The summed E-state index contributed by atoms with van der Waals surface area (Å²) in [6, 6.07) is 5.59. The van der Waals surface area contributed by atoms with Gasteiger partial charge in [0.2, 0.25) is 0 Å². The number of hydrogen-bond acceptors (Lipinski definition) is 4. The molecule has 1 aliphatic heterocycles. The van der Waals surface area contributed by atoms with E-state index in [1.54, 1.807) is 12.1 Å². The third-order valence-corrected chi connectivity index (χ3v) is 4.50. The average molecular weight is 259 g/mol. The van der Waals surface area contributed by atoms with E-state index in [-0.39, 0.29) is 17.3 Å². The lowest BCUT2D eigenvalue weighted by molar-refractivity contribution is 0.165. The summed E-state index contributed by atoms with van der Waals surface area (Å²) in [7, 11) is -3.14. The van der Waals surface area contributed by atoms with Crippen molar-refractivity contribution < 1.29 is 17.9 Å². The van der Waals surface area contributed by atoms with Gasteiger partial charge in [-0.25, -0.2) is 12.8 Å². The molecule has 1 saturated heterocycles. The Morgan fingerprint density at radius 2 is 2.18 bits per heavy atom. The molecular formula is C11H14FNO3S. The van der Waals surface area contributed by atoms with Crippen molar-refractivity contribution in [2.45, 2.75) is 18.7 Å². The van der Waals surface area contributed by atoms with Crippen molar-refractivity contribution in [3.8, 4) is 0 Å². The maximum Gasteiger partial charge on any atom is 0.154 e. The molecule has 0 radical (unpaired) electrons. The van der Waals surface area contributed by atoms with E-state index in [0.29, 0.717) is 6.54 Å². The van der Waals surface area contributed by atoms with Gasteiger partial charge in [0.05, 0.1) is 17.6 Å². The molecule has 6 heteroatoms. The first-order chi connectivity index (χ1) is 7.96. The second-order valence-electron chi connectivity index (χ2n) is 4.26. The zero-order valence-corrected chi connectivity index (χ0v) is 9.95. The van der Waals surface area contributed by atoms with Gasteiger partial charge >= 0.3 is 0 Å². The van der Waals surface area contributed by atoms with Crippen LogP contribution in [0, 0.1) is 5.82 Å². The molecule has 2 N–H and O–H groups in total. The first kappa shape index (κ1) is 12.5. The molecule has 0 spiro atoms. The third-order valence-electron chi connectivity index (χ3n) is 2.78. The van der Waals surface area contributed by atoms with Crippen LogP contribution >= 0.6 is 0 Å². The lowest BCUT2D eigenvalue weighted by Crippen LogP contribution is -2.38. The van der Waals surface area contributed by atoms with Crippen molar-refractivity contribution in [3.05, 3.63) is 35.6 Å². The topological polar surface area (TPSA) is 66.4 Å². The van der Waals surface area contributed by atoms with Gasteiger partial charge in [-0.1, -0.05) is 12.1 Å². The SMILES string of the molecule is O=S1(=O)C[C@H](NCc2cccc(F)c2)[C@@H](O)C1. The van der Waals surface area contributed by atoms with Gasteiger partial charge in [0.1, 0.15) is 5.82 Å². The number of rotatable bonds is 3. The van der Waals surface area contributed by atoms with Crippen LogP contribution in [0.1, 0.15) is 5.56 Å². The van der Waals surface area contributed by atoms with Gasteiger partial charge in [0.15, 0.2) is 9.84 Å². The number of sulfone groups is 1. The summed E-state index contributed by atoms with van der Waals surface area (Å²) < 4.78 is 35.4. The van der Waals surface area contributed by atoms with Crippen molar-refractivity contribution in [1.82, 2.24) is 5.32 Å². The number of benzene rings is 1. The Kier molecular flexibility index (Phi) is 3.46. The molecule has 0 bridgehead atoms. The molecule has 1 heterocycles. The molecule has 1 fully saturated rings. The molecule has 1 aromatic carbocycles. The summed E-state index contributed by atoms with van der Waals surface area (Å²) in [6.07, 6.45) is -0.881. The Bertz CT molecular complexity index is 503. The summed E-state index contributed by atoms with van der Waals surface area (Å²) >= 11 is 0. The highest BCUT2D eigenvalue weighted by atomic mass is 32.2. The van der Waals surface area contributed by atoms with E-state index in [1.807, 2.05) is 0 Å². The van der Waals surface area contributed by atoms with Crippen molar-refractivity contribution in [2.75, 3.05) is 11.5 Å². The lowest BCUT2D eigenvalue weighted by atomic mass is 10.2. The number of aliphatic hydroxyl groups excluding tert-OH is 1. The summed E-state index contributed by atoms with van der Waals surface area (Å²) in [5, 5.41) is 12.5. The van der Waals surface area contributed by atoms with Crippen LogP contribution in [0.2, 0.25) is 0 Å². The maximum atomic E-state index is 12.9. The largest absolute Gasteiger partial charge is 0.390 e. The fourth-order valence-electron chi connectivity index (χ4n) is 1.92. The van der Waals surface area contributed by atoms with Crippen LogP contribution in [-0.2, 0) is 16.4 Å². The Labute approximate surface area is 99.4 Å². The third kappa shape index (κ3) is 3.24. The van der Waals surface area contributed by atoms with Crippen molar-refractivity contribution in [3.63, 3.8) is 0 Å². The van der Waals surface area contributed by atoms with E-state index in [4.69, 9.17) is 0 Å². The van der Waals surface area contributed by atoms with Crippen molar-refractivity contribution >= 4 is 9.84 Å². The van der Waals surface area contributed by atoms with Crippen LogP contribution in [0.25, 0.3) is 0 Å². The highest BCUT2D eigenvalue weighted by molar-refractivity contribution is 7.91. The van der Waals surface area contributed by atoms with Gasteiger partial charge in [-0.2, -0.15) is 0 Å². The zero-order chi connectivity index (χ0) is 12.5. The van der Waals surface area contributed by atoms with Crippen LogP contribution < -0.4 is 5.32 Å². The minimum atomic E-state index is -3.14. The molecule has 0 saturated carbocycles. The van der Waals surface area contributed by atoms with E-state index >= 15 is 0 Å². The van der Waals surface area contributed by atoms with Gasteiger partial charge in [-0.3, -0.25) is 0 Å². The molecule has 0 unspecified atom stereocenters. The molecule has 2 rings (SSSR count). The maximum absolute atomic E-state index is 12.9. The van der Waals surface area contributed by atoms with Crippen molar-refractivity contribution in [2.24, 2.45) is 0 Å². The predicted molar refractivity (Wildman–Crippen MR) is 61.7 cm³/mol. The van der Waals surface area contributed by atoms with E-state index in [1.165, 1.54) is 12.1 Å². The zero-order valence-electron chi connectivity index (χ0n) is 9.14. The van der Waals surface area contributed by atoms with Crippen LogP contribution in [0.4, 0.5) is 4.39 Å². The fourth-order valence-corrected chi connectivity index (χ4v) is 3.70. The minimum Gasteiger partial charge on any atom is -0.390 e. The molecule has 0 aliphatic carbocycles. The normalized spacial score (nSPS) is 27.2. The quantitative estimate of drug-likeness (QED) is 0.806. The lowest BCUT2D eigenvalue weighted by Gasteiger charge is -2.14. The van der Waals surface area contributed by atoms with Gasteiger partial charge in [-0.05, 0) is 17.7 Å². The number of nitrogens with one attached hydrogen (secondary N) is 1. The van der Waals surface area contributed by atoms with Crippen LogP contribution in [0.15, 0.2) is 24.3 Å². The summed E-state index contributed by atoms with van der Waals surface area (Å²) in [6.45, 7) is 0.342. The number of hydrogen-bond donors (Lipinski definition) is 2. The standard InChI is InChI=1S/C11H14FNO3S/c12-9-3-1-2-8(4-9)5-13-10-6-17(15,16)7-11(10)14/h1-4,10-11,13-14H,5-7H2/t10-,11-/m0/s1. The fraction of sp³-hybridized carbons (Fsp3) is 0.455. The van der Waals surface area contributed by atoms with E-state index in [9.17, 15) is 17.9 Å². The average Bonchev–Trinajstić information content (AvgIpc) is 2.49. The van der Waals surface area contributed by atoms with E-state index < -0.39 is 22.0 Å². The molecule has 17 heavy (non-hydrogen) atoms. The first-order valence-electron chi connectivity index (χ1n) is 5.32. The van der Waals surface area contributed by atoms with Gasteiger partial charge in [-0.15, -0.1) is 0 Å². The highest BCUT2D eigenvalue weighted by Gasteiger charge is 2.35. The molecule has 2 atom stereocenters. The van der Waals surface area contributed by atoms with E-state index in [2.05, 4.69) is 5.32 Å². The monoisotopic (exact) mass is 259 g/mol. The number of halogens is 1. The Morgan fingerprint density at radius 1 is 1.41 bits per heavy atom. The smallest absolute Gasteiger partial charge is 0.154 e. The Hall–Kier alpha value is -0.980. The van der Waals surface area contributed by atoms with Gasteiger partial charge < -0.3 is 10.4 Å². The van der Waals surface area contributed by atoms with Crippen molar-refractivity contribution in [1.29, 1.82) is 0 Å². The Balaban J connectivity index is 1.95. The van der Waals surface area contributed by atoms with E-state index in [0.717, 1.165) is 5.56 Å². The molecule has 1 aromatic rings. The molecule has 0 aromatic heterocycles. The highest BCUT2D eigenvalue weighted by Crippen LogP contribution is 2.13. The predicted octanol–water partition coefficient (Wildman–Crippen LogP) is 0.0732. The molecule has 4 nitrogen and oxygen atoms in total. The Morgan fingerprint density at radius 3 is 2.76 bits per heavy atom. The summed E-state index contributed by atoms with van der Waals surface area (Å²) in [5.74, 6) is -0.596. The summed E-state index contributed by atoms with van der Waals surface area (Å²) in [4.78, 5) is 0. The van der Waals surface area contributed by atoms with Gasteiger partial charge in [0, 0.05) is 12.6 Å². The summed E-state index contributed by atoms with van der Waals surface area (Å²) in [5.41, 5.74) is 0.724. The minimum absolute atomic E-state index is 0.0660. The van der Waals surface area contributed by atoms with Crippen LogP contribution in [-0.4, -0.2) is 37.2 Å². The second-order valence-corrected chi connectivity index (χ2v) is 6.42. The molecule has 0 amide bonds. The molecular weight excluding hydrogens is 245 g/mol. The second kappa shape index (κ2) is 4.72. The molecule has 94 valence electrons. The molecule has 1 aliphatic rings. The van der Waals surface area contributed by atoms with Crippen LogP contribution in [0.5, 0.6) is 0 Å².